The van der Waals surface area contributed by atoms with E-state index in [1.807, 2.05) is 80.7 Å². The van der Waals surface area contributed by atoms with Crippen molar-refractivity contribution in [1.82, 2.24) is 19.4 Å². The highest BCUT2D eigenvalue weighted by atomic mass is 35.5. The molecule has 0 spiro atoms. The Labute approximate surface area is 301 Å². The zero-order valence-electron chi connectivity index (χ0n) is 29.3. The average Bonchev–Trinajstić information content (AvgIpc) is 3.67. The number of anilines is 2. The van der Waals surface area contributed by atoms with Gasteiger partial charge in [-0.3, -0.25) is 9.48 Å². The van der Waals surface area contributed by atoms with Gasteiger partial charge in [-0.05, 0) is 94.5 Å². The minimum atomic E-state index is -1.07. The van der Waals surface area contributed by atoms with E-state index in [9.17, 15) is 14.7 Å². The van der Waals surface area contributed by atoms with E-state index in [4.69, 9.17) is 33.0 Å². The number of fused-ring (bicyclic) bond motifs is 4. The minimum absolute atomic E-state index is 0.129. The molecular weight excluding hydrogens is 675 g/mol. The van der Waals surface area contributed by atoms with E-state index in [0.29, 0.717) is 54.6 Å². The largest absolute Gasteiger partial charge is 0.494 e. The number of carbonyl (C=O) groups is 2. The third kappa shape index (κ3) is 5.32. The molecule has 4 heterocycles. The Kier molecular flexibility index (Phi) is 8.61. The molecule has 2 amide bonds. The van der Waals surface area contributed by atoms with E-state index in [1.165, 1.54) is 5.01 Å². The summed E-state index contributed by atoms with van der Waals surface area (Å²) in [5.41, 5.74) is 10.1. The van der Waals surface area contributed by atoms with Crippen LogP contribution >= 0.6 is 23.2 Å². The van der Waals surface area contributed by atoms with Crippen molar-refractivity contribution in [3.63, 3.8) is 0 Å². The zero-order valence-corrected chi connectivity index (χ0v) is 30.8. The lowest BCUT2D eigenvalue weighted by Gasteiger charge is -2.35. The average molecular weight is 716 g/mol. The van der Waals surface area contributed by atoms with Crippen LogP contribution in [0.1, 0.15) is 63.5 Å². The first-order valence-electron chi connectivity index (χ1n) is 16.7. The number of aromatic nitrogens is 3. The Balaban J connectivity index is 1.36. The molecule has 5 aromatic rings. The Morgan fingerprint density at radius 2 is 1.72 bits per heavy atom. The number of amides is 2. The summed E-state index contributed by atoms with van der Waals surface area (Å²) in [5, 5.41) is 19.8. The number of rotatable bonds is 7. The smallest absolute Gasteiger partial charge is 0.426 e. The molecule has 0 bridgehead atoms. The van der Waals surface area contributed by atoms with Crippen LogP contribution < -0.4 is 14.6 Å². The van der Waals surface area contributed by atoms with E-state index in [2.05, 4.69) is 11.5 Å². The molecule has 12 heteroatoms. The van der Waals surface area contributed by atoms with Crippen LogP contribution in [0.15, 0.2) is 42.5 Å². The predicted octanol–water partition coefficient (Wildman–Crippen LogP) is 8.66. The summed E-state index contributed by atoms with van der Waals surface area (Å²) >= 11 is 13.5. The molecule has 0 radical (unpaired) electrons. The topological polar surface area (TPSA) is 96.1 Å². The van der Waals surface area contributed by atoms with Gasteiger partial charge in [0.1, 0.15) is 11.4 Å². The first kappa shape index (κ1) is 34.0. The number of hydrogen-bond donors (Lipinski definition) is 1. The van der Waals surface area contributed by atoms with Crippen LogP contribution in [0.2, 0.25) is 10.0 Å². The molecule has 2 aromatic heterocycles. The number of hydrogen-bond acceptors (Lipinski definition) is 5. The summed E-state index contributed by atoms with van der Waals surface area (Å²) in [4.78, 5) is 28.9. The third-order valence-corrected chi connectivity index (χ3v) is 11.0. The van der Waals surface area contributed by atoms with Gasteiger partial charge in [-0.15, -0.1) is 0 Å². The molecule has 10 nitrogen and oxygen atoms in total. The normalized spacial score (nSPS) is 16.0. The van der Waals surface area contributed by atoms with Crippen molar-refractivity contribution in [2.75, 3.05) is 30.1 Å². The second-order valence-corrected chi connectivity index (χ2v) is 14.2. The summed E-state index contributed by atoms with van der Waals surface area (Å²) in [5.74, 6) is 0.629. The van der Waals surface area contributed by atoms with Crippen molar-refractivity contribution >= 4 is 57.5 Å². The molecule has 1 N–H and O–H groups in total. The van der Waals surface area contributed by atoms with E-state index in [-0.39, 0.29) is 11.9 Å². The number of nitrogens with zero attached hydrogens (tertiary/aromatic N) is 6. The van der Waals surface area contributed by atoms with Gasteiger partial charge in [0.05, 0.1) is 34.2 Å². The maximum atomic E-state index is 15.0. The number of carbonyl (C=O) groups excluding carboxylic acids is 1. The number of ether oxygens (including phenoxy) is 1. The van der Waals surface area contributed by atoms with Gasteiger partial charge in [0, 0.05) is 66.0 Å². The fourth-order valence-electron chi connectivity index (χ4n) is 7.85. The fraction of sp³-hybridized carbons (Fsp3) is 0.342. The molecule has 0 fully saturated rings. The molecule has 1 atom stereocenters. The van der Waals surface area contributed by atoms with Crippen LogP contribution in [0.3, 0.4) is 0 Å². The SMILES string of the molecule is Cc1cc(OCCCc2c3n(c4c(-c5c(C)nn(C)c5C)c(Cl)ccc24)[C@H](C)CN(c2cccc4c2CN(C)N4C(=O)O)C3=O)cc(C)c1Cl. The number of aryl methyl sites for hydroxylation is 5. The highest BCUT2D eigenvalue weighted by molar-refractivity contribution is 6.35. The predicted molar refractivity (Wildman–Crippen MR) is 198 cm³/mol. The summed E-state index contributed by atoms with van der Waals surface area (Å²) in [6.07, 6.45) is 0.183. The van der Waals surface area contributed by atoms with Gasteiger partial charge >= 0.3 is 6.09 Å². The first-order chi connectivity index (χ1) is 23.8. The number of carboxylic acid groups (broad SMARTS) is 1. The summed E-state index contributed by atoms with van der Waals surface area (Å²) in [6, 6.07) is 13.2. The molecule has 7 rings (SSSR count). The third-order valence-electron chi connectivity index (χ3n) is 10.1. The van der Waals surface area contributed by atoms with Crippen LogP contribution in [-0.4, -0.2) is 56.7 Å². The molecule has 0 saturated carbocycles. The Bertz CT molecular complexity index is 2200. The van der Waals surface area contributed by atoms with E-state index < -0.39 is 6.09 Å². The standard InChI is InChI=1S/C38H40Cl2N6O4/c1-20-16-25(17-21(2)34(20)40)50-15-9-10-26-27-13-14-29(39)33(32-23(4)41-43(7)24(32)5)35(27)45-22(3)18-44(37(47)36(26)45)30-11-8-12-31-28(30)19-42(6)46(31)38(48)49/h8,11-14,16-17,22H,9-10,15,18-19H2,1-7H3,(H,48,49)/t22-/m1/s1. The van der Waals surface area contributed by atoms with Crippen molar-refractivity contribution in [1.29, 1.82) is 0 Å². The van der Waals surface area contributed by atoms with Gasteiger partial charge < -0.3 is 19.3 Å². The van der Waals surface area contributed by atoms with Crippen LogP contribution in [0.5, 0.6) is 5.75 Å². The zero-order chi connectivity index (χ0) is 35.8. The highest BCUT2D eigenvalue weighted by Crippen LogP contribution is 2.46. The molecule has 0 saturated heterocycles. The molecule has 2 aliphatic heterocycles. The van der Waals surface area contributed by atoms with Crippen LogP contribution in [0.4, 0.5) is 16.2 Å². The molecule has 2 aliphatic rings. The summed E-state index contributed by atoms with van der Waals surface area (Å²) in [7, 11) is 3.66. The Hall–Kier alpha value is -4.51. The fourth-order valence-corrected chi connectivity index (χ4v) is 8.20. The van der Waals surface area contributed by atoms with Crippen LogP contribution in [0.25, 0.3) is 22.0 Å². The quantitative estimate of drug-likeness (QED) is 0.170. The monoisotopic (exact) mass is 714 g/mol. The van der Waals surface area contributed by atoms with Gasteiger partial charge in [-0.25, -0.2) is 14.8 Å². The second-order valence-electron chi connectivity index (χ2n) is 13.5. The van der Waals surface area contributed by atoms with E-state index in [1.54, 1.807) is 18.1 Å². The van der Waals surface area contributed by atoms with Gasteiger partial charge in [-0.2, -0.15) is 5.10 Å². The Morgan fingerprint density at radius 3 is 2.38 bits per heavy atom. The summed E-state index contributed by atoms with van der Waals surface area (Å²) in [6.45, 7) is 11.3. The number of benzene rings is 3. The maximum Gasteiger partial charge on any atom is 0.426 e. The lowest BCUT2D eigenvalue weighted by molar-refractivity contribution is 0.0957. The van der Waals surface area contributed by atoms with Gasteiger partial charge in [0.2, 0.25) is 0 Å². The molecular formula is C38H40Cl2N6O4. The molecule has 260 valence electrons. The number of hydrazine groups is 1. The highest BCUT2D eigenvalue weighted by Gasteiger charge is 2.39. The van der Waals surface area contributed by atoms with Crippen molar-refractivity contribution in [3.05, 3.63) is 91.8 Å². The summed E-state index contributed by atoms with van der Waals surface area (Å²) < 4.78 is 10.2. The van der Waals surface area contributed by atoms with Crippen molar-refractivity contribution in [3.8, 4) is 16.9 Å². The lowest BCUT2D eigenvalue weighted by atomic mass is 9.98. The van der Waals surface area contributed by atoms with E-state index in [0.717, 1.165) is 66.4 Å². The molecule has 0 aliphatic carbocycles. The van der Waals surface area contributed by atoms with Gasteiger partial charge in [-0.1, -0.05) is 35.3 Å². The maximum absolute atomic E-state index is 15.0. The van der Waals surface area contributed by atoms with Gasteiger partial charge in [0.25, 0.3) is 5.91 Å². The van der Waals surface area contributed by atoms with Crippen LogP contribution in [0, 0.1) is 27.7 Å². The van der Waals surface area contributed by atoms with Crippen molar-refractivity contribution < 1.29 is 19.4 Å². The lowest BCUT2D eigenvalue weighted by Crippen LogP contribution is -2.43. The number of halogens is 2. The van der Waals surface area contributed by atoms with Gasteiger partial charge in [0.15, 0.2) is 0 Å². The van der Waals surface area contributed by atoms with Crippen molar-refractivity contribution in [2.24, 2.45) is 7.05 Å². The second kappa shape index (κ2) is 12.7. The van der Waals surface area contributed by atoms with Crippen LogP contribution in [-0.2, 0) is 20.0 Å². The Morgan fingerprint density at radius 1 is 1.02 bits per heavy atom. The first-order valence-corrected chi connectivity index (χ1v) is 17.5. The van der Waals surface area contributed by atoms with E-state index >= 15 is 0 Å². The molecule has 3 aromatic carbocycles. The van der Waals surface area contributed by atoms with Crippen molar-refractivity contribution in [2.45, 2.75) is 60.0 Å². The molecule has 0 unspecified atom stereocenters. The minimum Gasteiger partial charge on any atom is -0.494 e. The molecule has 50 heavy (non-hydrogen) atoms.